The molecule has 0 saturated carbocycles. The second-order valence-corrected chi connectivity index (χ2v) is 7.91. The Morgan fingerprint density at radius 2 is 1.91 bits per heavy atom. The first-order valence-corrected chi connectivity index (χ1v) is 10.5. The Balaban J connectivity index is 1.39. The molecule has 2 heterocycles. The van der Waals surface area contributed by atoms with Crippen LogP contribution in [0.5, 0.6) is 17.2 Å². The summed E-state index contributed by atoms with van der Waals surface area (Å²) in [7, 11) is 1.57. The van der Waals surface area contributed by atoms with Crippen molar-refractivity contribution in [2.24, 2.45) is 5.92 Å². The van der Waals surface area contributed by atoms with Crippen LogP contribution in [-0.2, 0) is 11.3 Å². The summed E-state index contributed by atoms with van der Waals surface area (Å²) >= 11 is 0. The maximum absolute atomic E-state index is 12.8. The van der Waals surface area contributed by atoms with Crippen LogP contribution in [0.3, 0.4) is 0 Å². The number of rotatable bonds is 8. The summed E-state index contributed by atoms with van der Waals surface area (Å²) < 4.78 is 21.2. The van der Waals surface area contributed by atoms with Gasteiger partial charge in [0.05, 0.1) is 7.11 Å². The summed E-state index contributed by atoms with van der Waals surface area (Å²) in [5.74, 6) is 1.47. The van der Waals surface area contributed by atoms with Crippen LogP contribution >= 0.6 is 0 Å². The van der Waals surface area contributed by atoms with Crippen molar-refractivity contribution in [2.45, 2.75) is 26.4 Å². The molecule has 0 radical (unpaired) electrons. The second-order valence-electron chi connectivity index (χ2n) is 7.91. The van der Waals surface area contributed by atoms with Gasteiger partial charge in [-0.15, -0.1) is 0 Å². The Morgan fingerprint density at radius 1 is 1.09 bits per heavy atom. The van der Waals surface area contributed by atoms with Gasteiger partial charge in [0.1, 0.15) is 11.8 Å². The predicted octanol–water partition coefficient (Wildman–Crippen LogP) is 3.15. The Labute approximate surface area is 191 Å². The number of nitrogens with one attached hydrogen (secondary N) is 2. The summed E-state index contributed by atoms with van der Waals surface area (Å²) in [6.45, 7) is 4.19. The van der Waals surface area contributed by atoms with E-state index in [0.717, 1.165) is 11.1 Å². The Hall–Kier alpha value is -4.01. The van der Waals surface area contributed by atoms with E-state index in [1.165, 1.54) is 6.07 Å². The molecule has 0 aliphatic carbocycles. The fourth-order valence-electron chi connectivity index (χ4n) is 3.39. The number of carbonyl (C=O) groups is 2. The largest absolute Gasteiger partial charge is 0.497 e. The van der Waals surface area contributed by atoms with E-state index >= 15 is 0 Å². The van der Waals surface area contributed by atoms with Crippen LogP contribution in [0.1, 0.15) is 29.9 Å². The minimum absolute atomic E-state index is 0.0852. The number of amides is 2. The number of hydrogen-bond acceptors (Lipinski definition) is 7. The molecule has 2 N–H and O–H groups in total. The van der Waals surface area contributed by atoms with Crippen LogP contribution in [0.25, 0.3) is 11.3 Å². The average Bonchev–Trinajstić information content (AvgIpc) is 3.50. The third-order valence-electron chi connectivity index (χ3n) is 5.24. The fraction of sp³-hybridized carbons (Fsp3) is 0.292. The van der Waals surface area contributed by atoms with Crippen LogP contribution in [0.15, 0.2) is 53.1 Å². The van der Waals surface area contributed by atoms with Gasteiger partial charge in [0.15, 0.2) is 23.0 Å². The van der Waals surface area contributed by atoms with Gasteiger partial charge in [0, 0.05) is 18.2 Å². The number of aromatic nitrogens is 1. The topological polar surface area (TPSA) is 112 Å². The predicted molar refractivity (Wildman–Crippen MR) is 119 cm³/mol. The van der Waals surface area contributed by atoms with Gasteiger partial charge in [-0.3, -0.25) is 9.59 Å². The van der Waals surface area contributed by atoms with Crippen molar-refractivity contribution in [3.05, 3.63) is 59.8 Å². The molecule has 0 saturated heterocycles. The first-order chi connectivity index (χ1) is 15.9. The van der Waals surface area contributed by atoms with Crippen molar-refractivity contribution >= 4 is 11.8 Å². The third-order valence-corrected chi connectivity index (χ3v) is 5.24. The van der Waals surface area contributed by atoms with E-state index in [1.54, 1.807) is 19.2 Å². The van der Waals surface area contributed by atoms with Crippen molar-refractivity contribution < 1.29 is 28.3 Å². The number of nitrogens with zero attached hydrogens (tertiary/aromatic N) is 1. The molecule has 0 fully saturated rings. The van der Waals surface area contributed by atoms with Crippen molar-refractivity contribution in [1.29, 1.82) is 0 Å². The third kappa shape index (κ3) is 5.08. The number of methoxy groups -OCH3 is 1. The van der Waals surface area contributed by atoms with Gasteiger partial charge in [0.25, 0.3) is 5.91 Å². The van der Waals surface area contributed by atoms with Gasteiger partial charge >= 0.3 is 0 Å². The highest BCUT2D eigenvalue weighted by Crippen LogP contribution is 2.32. The van der Waals surface area contributed by atoms with Crippen LogP contribution in [-0.4, -0.2) is 36.9 Å². The van der Waals surface area contributed by atoms with E-state index < -0.39 is 11.9 Å². The maximum Gasteiger partial charge on any atom is 0.274 e. The van der Waals surface area contributed by atoms with Crippen molar-refractivity contribution in [3.63, 3.8) is 0 Å². The smallest absolute Gasteiger partial charge is 0.274 e. The monoisotopic (exact) mass is 451 g/mol. The van der Waals surface area contributed by atoms with Gasteiger partial charge < -0.3 is 29.4 Å². The van der Waals surface area contributed by atoms with Crippen molar-refractivity contribution in [2.75, 3.05) is 13.9 Å². The first-order valence-electron chi connectivity index (χ1n) is 10.5. The summed E-state index contributed by atoms with van der Waals surface area (Å²) in [6, 6.07) is 13.5. The Bertz CT molecular complexity index is 1160. The van der Waals surface area contributed by atoms with E-state index in [-0.39, 0.29) is 24.3 Å². The zero-order valence-electron chi connectivity index (χ0n) is 18.6. The van der Waals surface area contributed by atoms with E-state index in [4.69, 9.17) is 18.7 Å². The molecule has 9 nitrogen and oxygen atoms in total. The molecule has 1 aromatic heterocycles. The van der Waals surface area contributed by atoms with E-state index in [0.29, 0.717) is 29.6 Å². The Kier molecular flexibility index (Phi) is 6.48. The minimum Gasteiger partial charge on any atom is -0.497 e. The molecule has 1 aliphatic heterocycles. The van der Waals surface area contributed by atoms with Gasteiger partial charge in [-0.1, -0.05) is 37.2 Å². The molecule has 1 aliphatic rings. The molecule has 3 aromatic rings. The molecule has 172 valence electrons. The zero-order valence-corrected chi connectivity index (χ0v) is 18.6. The lowest BCUT2D eigenvalue weighted by molar-refractivity contribution is -0.124. The summed E-state index contributed by atoms with van der Waals surface area (Å²) in [5.41, 5.74) is 1.67. The summed E-state index contributed by atoms with van der Waals surface area (Å²) in [6.07, 6.45) is 0. The van der Waals surface area contributed by atoms with Crippen LogP contribution in [0, 0.1) is 5.92 Å². The lowest BCUT2D eigenvalue weighted by Crippen LogP contribution is -2.49. The van der Waals surface area contributed by atoms with E-state index in [9.17, 15) is 9.59 Å². The van der Waals surface area contributed by atoms with Crippen LogP contribution in [0.4, 0.5) is 0 Å². The minimum atomic E-state index is -0.747. The van der Waals surface area contributed by atoms with Gasteiger partial charge in [-0.25, -0.2) is 0 Å². The molecular weight excluding hydrogens is 426 g/mol. The molecule has 1 atom stereocenters. The standard InChI is InChI=1S/C24H25N3O6/c1-14(2)22(24(29)25-12-15-7-8-19-21(9-15)32-13-31-19)26-23(28)18-11-20(33-27-18)16-5-4-6-17(10-16)30-3/h4-11,14,22H,12-13H2,1-3H3,(H,25,29)(H,26,28)/t22-/m1/s1. The summed E-state index contributed by atoms with van der Waals surface area (Å²) in [4.78, 5) is 25.6. The molecule has 4 rings (SSSR count). The number of hydrogen-bond donors (Lipinski definition) is 2. The van der Waals surface area contributed by atoms with Crippen molar-refractivity contribution in [3.8, 4) is 28.6 Å². The number of carbonyl (C=O) groups excluding carboxylic acids is 2. The number of fused-ring (bicyclic) bond motifs is 1. The maximum atomic E-state index is 12.8. The zero-order chi connectivity index (χ0) is 23.4. The summed E-state index contributed by atoms with van der Waals surface area (Å²) in [5, 5.41) is 9.48. The second kappa shape index (κ2) is 9.64. The highest BCUT2D eigenvalue weighted by Gasteiger charge is 2.26. The van der Waals surface area contributed by atoms with Gasteiger partial charge in [-0.05, 0) is 35.7 Å². The number of benzene rings is 2. The fourth-order valence-corrected chi connectivity index (χ4v) is 3.39. The van der Waals surface area contributed by atoms with Crippen LogP contribution in [0.2, 0.25) is 0 Å². The quantitative estimate of drug-likeness (QED) is 0.541. The van der Waals surface area contributed by atoms with E-state index in [1.807, 2.05) is 44.2 Å². The molecule has 2 aromatic carbocycles. The SMILES string of the molecule is COc1cccc(-c2cc(C(=O)N[C@@H](C(=O)NCc3ccc4c(c3)OCO4)C(C)C)no2)c1. The molecule has 0 spiro atoms. The Morgan fingerprint density at radius 3 is 2.70 bits per heavy atom. The lowest BCUT2D eigenvalue weighted by atomic mass is 10.0. The molecule has 2 amide bonds. The van der Waals surface area contributed by atoms with Crippen molar-refractivity contribution in [1.82, 2.24) is 15.8 Å². The normalized spacial score (nSPS) is 13.0. The first kappa shape index (κ1) is 22.2. The van der Waals surface area contributed by atoms with Gasteiger partial charge in [0.2, 0.25) is 12.7 Å². The highest BCUT2D eigenvalue weighted by molar-refractivity contribution is 5.96. The molecular formula is C24H25N3O6. The molecule has 0 unspecified atom stereocenters. The number of ether oxygens (including phenoxy) is 3. The molecule has 0 bridgehead atoms. The molecule has 33 heavy (non-hydrogen) atoms. The average molecular weight is 451 g/mol. The van der Waals surface area contributed by atoms with E-state index in [2.05, 4.69) is 15.8 Å². The van der Waals surface area contributed by atoms with Crippen LogP contribution < -0.4 is 24.8 Å². The highest BCUT2D eigenvalue weighted by atomic mass is 16.7. The van der Waals surface area contributed by atoms with Gasteiger partial charge in [-0.2, -0.15) is 0 Å². The lowest BCUT2D eigenvalue weighted by Gasteiger charge is -2.21. The molecule has 9 heteroatoms.